The van der Waals surface area contributed by atoms with Gasteiger partial charge in [0.1, 0.15) is 5.82 Å². The monoisotopic (exact) mass is 305 g/mol. The average Bonchev–Trinajstić information content (AvgIpc) is 2.34. The van der Waals surface area contributed by atoms with Gasteiger partial charge in [-0.25, -0.2) is 4.39 Å². The zero-order valence-electron chi connectivity index (χ0n) is 11.5. The second-order valence-electron chi connectivity index (χ2n) is 4.20. The van der Waals surface area contributed by atoms with Crippen molar-refractivity contribution in [2.24, 2.45) is 5.73 Å². The third-order valence-electron chi connectivity index (χ3n) is 2.40. The van der Waals surface area contributed by atoms with Crippen LogP contribution in [0.5, 0.6) is 0 Å². The van der Waals surface area contributed by atoms with Gasteiger partial charge >= 0.3 is 0 Å². The van der Waals surface area contributed by atoms with Crippen molar-refractivity contribution >= 4 is 24.0 Å². The van der Waals surface area contributed by atoms with E-state index in [1.54, 1.807) is 12.1 Å². The topological polar surface area (TPSA) is 67.6 Å². The summed E-state index contributed by atoms with van der Waals surface area (Å²) in [6, 6.07) is 5.81. The average molecular weight is 306 g/mol. The van der Waals surface area contributed by atoms with Crippen molar-refractivity contribution in [1.29, 1.82) is 0 Å². The number of nitrogens with one attached hydrogen (secondary N) is 1. The van der Waals surface area contributed by atoms with Gasteiger partial charge in [-0.15, -0.1) is 12.4 Å². The molecule has 1 amide bonds. The molecule has 0 heterocycles. The fourth-order valence-corrected chi connectivity index (χ4v) is 1.50. The Bertz CT molecular complexity index is 407. The standard InChI is InChI=1S/C13H20FN3O2.ClH/c1-17(6-8-19-7-5-15)10-13(18)16-12-4-2-3-11(14)9-12;/h2-4,9H,5-8,10,15H2,1H3,(H,16,18);1H. The number of carbonyl (C=O) groups is 1. The summed E-state index contributed by atoms with van der Waals surface area (Å²) in [6.07, 6.45) is 0. The van der Waals surface area contributed by atoms with E-state index in [-0.39, 0.29) is 30.7 Å². The van der Waals surface area contributed by atoms with E-state index in [2.05, 4.69) is 5.32 Å². The zero-order chi connectivity index (χ0) is 14.1. The molecule has 7 heteroatoms. The third kappa shape index (κ3) is 8.06. The summed E-state index contributed by atoms with van der Waals surface area (Å²) < 4.78 is 18.2. The first-order chi connectivity index (χ1) is 9.11. The number of nitrogens with two attached hydrogens (primary N) is 1. The summed E-state index contributed by atoms with van der Waals surface area (Å²) in [6.45, 7) is 2.40. The van der Waals surface area contributed by atoms with Crippen LogP contribution in [0.2, 0.25) is 0 Å². The minimum Gasteiger partial charge on any atom is -0.379 e. The smallest absolute Gasteiger partial charge is 0.238 e. The van der Waals surface area contributed by atoms with Crippen LogP contribution in [0.4, 0.5) is 10.1 Å². The highest BCUT2D eigenvalue weighted by molar-refractivity contribution is 5.92. The van der Waals surface area contributed by atoms with Crippen LogP contribution in [0.3, 0.4) is 0 Å². The molecule has 1 rings (SSSR count). The van der Waals surface area contributed by atoms with Crippen LogP contribution >= 0.6 is 12.4 Å². The molecule has 0 fully saturated rings. The number of carbonyl (C=O) groups excluding carboxylic acids is 1. The Labute approximate surface area is 124 Å². The number of benzene rings is 1. The van der Waals surface area contributed by atoms with Crippen molar-refractivity contribution in [1.82, 2.24) is 4.90 Å². The summed E-state index contributed by atoms with van der Waals surface area (Å²) in [5, 5.41) is 2.63. The first-order valence-electron chi connectivity index (χ1n) is 6.13. The Balaban J connectivity index is 0.00000361. The number of likely N-dealkylation sites (N-methyl/N-ethyl adjacent to an activating group) is 1. The van der Waals surface area contributed by atoms with Crippen LogP contribution < -0.4 is 11.1 Å². The van der Waals surface area contributed by atoms with Crippen molar-refractivity contribution in [2.75, 3.05) is 45.2 Å². The molecule has 0 spiro atoms. The molecule has 1 aromatic rings. The van der Waals surface area contributed by atoms with E-state index in [1.807, 2.05) is 11.9 Å². The summed E-state index contributed by atoms with van der Waals surface area (Å²) in [7, 11) is 1.82. The Morgan fingerprint density at radius 1 is 1.45 bits per heavy atom. The van der Waals surface area contributed by atoms with Gasteiger partial charge in [0.2, 0.25) is 5.91 Å². The molecular weight excluding hydrogens is 285 g/mol. The number of amides is 1. The van der Waals surface area contributed by atoms with Gasteiger partial charge in [0.05, 0.1) is 19.8 Å². The molecule has 20 heavy (non-hydrogen) atoms. The van der Waals surface area contributed by atoms with Crippen molar-refractivity contribution in [3.8, 4) is 0 Å². The van der Waals surface area contributed by atoms with Gasteiger partial charge in [-0.3, -0.25) is 9.69 Å². The molecule has 0 aliphatic rings. The molecule has 0 aliphatic carbocycles. The summed E-state index contributed by atoms with van der Waals surface area (Å²) in [4.78, 5) is 13.5. The molecule has 0 unspecified atom stereocenters. The highest BCUT2D eigenvalue weighted by Gasteiger charge is 2.07. The minimum absolute atomic E-state index is 0. The fraction of sp³-hybridized carbons (Fsp3) is 0.462. The molecule has 114 valence electrons. The normalized spacial score (nSPS) is 10.2. The van der Waals surface area contributed by atoms with Gasteiger partial charge < -0.3 is 15.8 Å². The van der Waals surface area contributed by atoms with Gasteiger partial charge in [-0.05, 0) is 25.2 Å². The number of nitrogens with zero attached hydrogens (tertiary/aromatic N) is 1. The van der Waals surface area contributed by atoms with Crippen LogP contribution in [-0.2, 0) is 9.53 Å². The quantitative estimate of drug-likeness (QED) is 0.706. The molecule has 3 N–H and O–H groups in total. The maximum absolute atomic E-state index is 12.9. The first kappa shape index (κ1) is 18.8. The van der Waals surface area contributed by atoms with E-state index in [1.165, 1.54) is 12.1 Å². The lowest BCUT2D eigenvalue weighted by Gasteiger charge is -2.16. The van der Waals surface area contributed by atoms with E-state index in [0.29, 0.717) is 32.0 Å². The second-order valence-corrected chi connectivity index (χ2v) is 4.20. The predicted molar refractivity (Wildman–Crippen MR) is 79.6 cm³/mol. The Hall–Kier alpha value is -1.21. The van der Waals surface area contributed by atoms with Gasteiger partial charge in [0, 0.05) is 18.8 Å². The van der Waals surface area contributed by atoms with E-state index < -0.39 is 0 Å². The largest absolute Gasteiger partial charge is 0.379 e. The molecule has 0 saturated heterocycles. The lowest BCUT2D eigenvalue weighted by Crippen LogP contribution is -2.32. The number of ether oxygens (including phenoxy) is 1. The first-order valence-corrected chi connectivity index (χ1v) is 6.13. The molecule has 0 bridgehead atoms. The molecule has 0 radical (unpaired) electrons. The van der Waals surface area contributed by atoms with E-state index in [4.69, 9.17) is 10.5 Å². The number of hydrogen-bond acceptors (Lipinski definition) is 4. The summed E-state index contributed by atoms with van der Waals surface area (Å²) in [5.74, 6) is -0.562. The molecule has 0 atom stereocenters. The maximum atomic E-state index is 12.9. The number of anilines is 1. The maximum Gasteiger partial charge on any atom is 0.238 e. The van der Waals surface area contributed by atoms with Crippen molar-refractivity contribution in [3.63, 3.8) is 0 Å². The van der Waals surface area contributed by atoms with Gasteiger partial charge in [0.25, 0.3) is 0 Å². The van der Waals surface area contributed by atoms with Crippen molar-refractivity contribution in [2.45, 2.75) is 0 Å². The summed E-state index contributed by atoms with van der Waals surface area (Å²) in [5.41, 5.74) is 5.75. The van der Waals surface area contributed by atoms with Gasteiger partial charge in [0.15, 0.2) is 0 Å². The summed E-state index contributed by atoms with van der Waals surface area (Å²) >= 11 is 0. The van der Waals surface area contributed by atoms with E-state index in [9.17, 15) is 9.18 Å². The fourth-order valence-electron chi connectivity index (χ4n) is 1.50. The third-order valence-corrected chi connectivity index (χ3v) is 2.40. The Morgan fingerprint density at radius 3 is 2.85 bits per heavy atom. The molecule has 0 saturated carbocycles. The molecule has 5 nitrogen and oxygen atoms in total. The van der Waals surface area contributed by atoms with Crippen molar-refractivity contribution < 1.29 is 13.9 Å². The van der Waals surface area contributed by atoms with Crippen LogP contribution in [0.1, 0.15) is 0 Å². The van der Waals surface area contributed by atoms with Crippen LogP contribution in [-0.4, -0.2) is 50.7 Å². The van der Waals surface area contributed by atoms with E-state index in [0.717, 1.165) is 0 Å². The van der Waals surface area contributed by atoms with Crippen LogP contribution in [0.25, 0.3) is 0 Å². The molecule has 1 aromatic carbocycles. The molecule has 0 aromatic heterocycles. The zero-order valence-corrected chi connectivity index (χ0v) is 12.3. The predicted octanol–water partition coefficient (Wildman–Crippen LogP) is 1.09. The van der Waals surface area contributed by atoms with Gasteiger partial charge in [-0.2, -0.15) is 0 Å². The number of halogens is 2. The van der Waals surface area contributed by atoms with E-state index >= 15 is 0 Å². The van der Waals surface area contributed by atoms with Crippen molar-refractivity contribution in [3.05, 3.63) is 30.1 Å². The minimum atomic E-state index is -0.374. The Morgan fingerprint density at radius 2 is 2.20 bits per heavy atom. The van der Waals surface area contributed by atoms with Crippen LogP contribution in [0, 0.1) is 5.82 Å². The number of hydrogen-bond donors (Lipinski definition) is 2. The van der Waals surface area contributed by atoms with Crippen LogP contribution in [0.15, 0.2) is 24.3 Å². The SMILES string of the molecule is CN(CCOCCN)CC(=O)Nc1cccc(F)c1.Cl. The molecular formula is C13H21ClFN3O2. The lowest BCUT2D eigenvalue weighted by atomic mass is 10.3. The highest BCUT2D eigenvalue weighted by Crippen LogP contribution is 2.08. The Kier molecular flexibility index (Phi) is 9.92. The highest BCUT2D eigenvalue weighted by atomic mass is 35.5. The second kappa shape index (κ2) is 10.6. The molecule has 0 aliphatic heterocycles. The lowest BCUT2D eigenvalue weighted by molar-refractivity contribution is -0.117. The van der Waals surface area contributed by atoms with Gasteiger partial charge in [-0.1, -0.05) is 6.07 Å². The number of rotatable bonds is 8.